The van der Waals surface area contributed by atoms with E-state index in [1.54, 1.807) is 11.8 Å². The van der Waals surface area contributed by atoms with Gasteiger partial charge in [0.25, 0.3) is 6.47 Å². The Hall–Kier alpha value is -2.57. The summed E-state index contributed by atoms with van der Waals surface area (Å²) in [6.45, 7) is 2.20. The summed E-state index contributed by atoms with van der Waals surface area (Å²) in [5, 5.41) is 0. The molecule has 3 heterocycles. The largest absolute Gasteiger partial charge is 0.460 e. The van der Waals surface area contributed by atoms with Crippen molar-refractivity contribution in [2.24, 2.45) is 20.0 Å². The standard InChI is InChI=1S/C11H9N5O2/c1-7-12-9-3-2-4-10-14-8(5-18-6-17)15-11(13-7)16(9)10/h2-4,6H,5H2,1H3. The topological polar surface area (TPSA) is 79.0 Å². The number of guanidine groups is 1. The number of ether oxygens (including phenoxy) is 1. The molecule has 7 nitrogen and oxygen atoms in total. The minimum Gasteiger partial charge on any atom is -0.460 e. The Balaban J connectivity index is 2.02. The highest BCUT2D eigenvalue weighted by Gasteiger charge is 2.29. The zero-order valence-electron chi connectivity index (χ0n) is 9.57. The first-order chi connectivity index (χ1) is 8.78. The SMILES string of the molecule is CC1=NC2=NC(COC=O)=NC3=CC=CC(=N1)N32. The summed E-state index contributed by atoms with van der Waals surface area (Å²) in [7, 11) is 0. The molecule has 0 saturated carbocycles. The van der Waals surface area contributed by atoms with E-state index in [9.17, 15) is 4.79 Å². The van der Waals surface area contributed by atoms with Crippen LogP contribution in [0, 0.1) is 0 Å². The molecule has 0 aromatic rings. The Kier molecular flexibility index (Phi) is 2.36. The molecule has 7 heteroatoms. The molecule has 0 aromatic carbocycles. The first-order valence-corrected chi connectivity index (χ1v) is 5.32. The third kappa shape index (κ3) is 1.65. The molecular formula is C11H9N5O2. The molecule has 0 unspecified atom stereocenters. The van der Waals surface area contributed by atoms with E-state index >= 15 is 0 Å². The molecule has 0 atom stereocenters. The number of carbonyl (C=O) groups is 1. The maximum absolute atomic E-state index is 10.2. The molecule has 3 aliphatic heterocycles. The van der Waals surface area contributed by atoms with Crippen molar-refractivity contribution in [3.63, 3.8) is 0 Å². The molecule has 0 aromatic heterocycles. The molecule has 0 fully saturated rings. The van der Waals surface area contributed by atoms with Gasteiger partial charge in [0.15, 0.2) is 12.4 Å². The van der Waals surface area contributed by atoms with Gasteiger partial charge in [-0.25, -0.2) is 14.9 Å². The van der Waals surface area contributed by atoms with Crippen molar-refractivity contribution in [1.29, 1.82) is 0 Å². The molecule has 0 amide bonds. The van der Waals surface area contributed by atoms with Gasteiger partial charge in [-0.05, 0) is 19.1 Å². The molecule has 0 bridgehead atoms. The van der Waals surface area contributed by atoms with Gasteiger partial charge in [-0.15, -0.1) is 0 Å². The van der Waals surface area contributed by atoms with Gasteiger partial charge < -0.3 is 4.74 Å². The van der Waals surface area contributed by atoms with Crippen molar-refractivity contribution in [2.75, 3.05) is 6.61 Å². The highest BCUT2D eigenvalue weighted by molar-refractivity contribution is 6.20. The van der Waals surface area contributed by atoms with Gasteiger partial charge in [-0.2, -0.15) is 9.98 Å². The van der Waals surface area contributed by atoms with E-state index < -0.39 is 0 Å². The molecule has 0 aliphatic carbocycles. The van der Waals surface area contributed by atoms with Crippen LogP contribution in [0.25, 0.3) is 0 Å². The summed E-state index contributed by atoms with van der Waals surface area (Å²) in [6, 6.07) is 0. The van der Waals surface area contributed by atoms with Crippen LogP contribution in [0.3, 0.4) is 0 Å². The van der Waals surface area contributed by atoms with Gasteiger partial charge >= 0.3 is 0 Å². The fraction of sp³-hybridized carbons (Fsp3) is 0.182. The van der Waals surface area contributed by atoms with E-state index in [1.165, 1.54) is 0 Å². The number of carbonyl (C=O) groups excluding carboxylic acids is 1. The fourth-order valence-corrected chi connectivity index (χ4v) is 1.77. The van der Waals surface area contributed by atoms with E-state index in [1.807, 2.05) is 18.2 Å². The lowest BCUT2D eigenvalue weighted by molar-refractivity contribution is -0.127. The Bertz CT molecular complexity index is 595. The predicted molar refractivity (Wildman–Crippen MR) is 66.5 cm³/mol. The summed E-state index contributed by atoms with van der Waals surface area (Å²) in [5.41, 5.74) is 0. The highest BCUT2D eigenvalue weighted by atomic mass is 16.5. The quantitative estimate of drug-likeness (QED) is 0.676. The van der Waals surface area contributed by atoms with Gasteiger partial charge in [-0.3, -0.25) is 4.79 Å². The zero-order chi connectivity index (χ0) is 12.5. The van der Waals surface area contributed by atoms with Gasteiger partial charge in [0.1, 0.15) is 17.5 Å². The second-order valence-corrected chi connectivity index (χ2v) is 3.70. The van der Waals surface area contributed by atoms with Crippen LogP contribution in [0.1, 0.15) is 6.92 Å². The normalized spacial score (nSPS) is 20.1. The van der Waals surface area contributed by atoms with Crippen molar-refractivity contribution >= 4 is 29.9 Å². The van der Waals surface area contributed by atoms with Crippen molar-refractivity contribution in [3.8, 4) is 0 Å². The third-order valence-electron chi connectivity index (χ3n) is 2.44. The lowest BCUT2D eigenvalue weighted by atomic mass is 10.3. The molecule has 0 spiro atoms. The number of nitrogens with zero attached hydrogens (tertiary/aromatic N) is 5. The number of hydrogen-bond donors (Lipinski definition) is 0. The number of amidine groups is 3. The van der Waals surface area contributed by atoms with Crippen molar-refractivity contribution in [2.45, 2.75) is 6.92 Å². The summed E-state index contributed by atoms with van der Waals surface area (Å²) in [4.78, 5) is 29.0. The minimum absolute atomic E-state index is 0.0307. The van der Waals surface area contributed by atoms with E-state index in [0.717, 1.165) is 5.84 Å². The lowest BCUT2D eigenvalue weighted by Crippen LogP contribution is -2.41. The van der Waals surface area contributed by atoms with Crippen LogP contribution in [0.15, 0.2) is 44.0 Å². The van der Waals surface area contributed by atoms with Crippen LogP contribution < -0.4 is 0 Å². The highest BCUT2D eigenvalue weighted by Crippen LogP contribution is 2.22. The van der Waals surface area contributed by atoms with Crippen LogP contribution in [0.2, 0.25) is 0 Å². The van der Waals surface area contributed by atoms with Gasteiger partial charge in [0.2, 0.25) is 5.96 Å². The van der Waals surface area contributed by atoms with E-state index in [4.69, 9.17) is 0 Å². The number of aliphatic imine (C=N–C) groups is 4. The molecule has 0 radical (unpaired) electrons. The van der Waals surface area contributed by atoms with Crippen LogP contribution in [0.5, 0.6) is 0 Å². The van der Waals surface area contributed by atoms with Gasteiger partial charge in [0.05, 0.1) is 0 Å². The van der Waals surface area contributed by atoms with Crippen LogP contribution in [-0.4, -0.2) is 41.4 Å². The summed E-state index contributed by atoms with van der Waals surface area (Å²) in [6.07, 6.45) is 5.54. The van der Waals surface area contributed by atoms with Gasteiger partial charge in [0, 0.05) is 0 Å². The lowest BCUT2D eigenvalue weighted by Gasteiger charge is -2.30. The van der Waals surface area contributed by atoms with Crippen LogP contribution >= 0.6 is 0 Å². The average Bonchev–Trinajstić information content (AvgIpc) is 2.36. The maximum Gasteiger partial charge on any atom is 0.293 e. The minimum atomic E-state index is 0.0307. The van der Waals surface area contributed by atoms with Crippen molar-refractivity contribution < 1.29 is 9.53 Å². The first kappa shape index (κ1) is 10.6. The van der Waals surface area contributed by atoms with Crippen LogP contribution in [0.4, 0.5) is 0 Å². The molecule has 90 valence electrons. The summed E-state index contributed by atoms with van der Waals surface area (Å²) < 4.78 is 4.66. The maximum atomic E-state index is 10.2. The summed E-state index contributed by atoms with van der Waals surface area (Å²) >= 11 is 0. The number of rotatable bonds is 3. The third-order valence-corrected chi connectivity index (χ3v) is 2.44. The zero-order valence-corrected chi connectivity index (χ0v) is 9.57. The second-order valence-electron chi connectivity index (χ2n) is 3.70. The Morgan fingerprint density at radius 1 is 1.33 bits per heavy atom. The van der Waals surface area contributed by atoms with E-state index in [-0.39, 0.29) is 6.61 Å². The molecular weight excluding hydrogens is 234 g/mol. The average molecular weight is 243 g/mol. The predicted octanol–water partition coefficient (Wildman–Crippen LogP) is 0.471. The smallest absolute Gasteiger partial charge is 0.293 e. The number of hydrogen-bond acceptors (Lipinski definition) is 7. The van der Waals surface area contributed by atoms with Crippen molar-refractivity contribution in [3.05, 3.63) is 24.0 Å². The Morgan fingerprint density at radius 2 is 2.22 bits per heavy atom. The molecule has 3 rings (SSSR count). The molecule has 18 heavy (non-hydrogen) atoms. The molecule has 0 N–H and O–H groups in total. The van der Waals surface area contributed by atoms with Gasteiger partial charge in [-0.1, -0.05) is 6.08 Å². The Morgan fingerprint density at radius 3 is 3.06 bits per heavy atom. The molecule has 3 aliphatic rings. The first-order valence-electron chi connectivity index (χ1n) is 5.32. The van der Waals surface area contributed by atoms with Crippen LogP contribution in [-0.2, 0) is 9.53 Å². The molecule has 0 saturated heterocycles. The van der Waals surface area contributed by atoms with E-state index in [0.29, 0.717) is 29.9 Å². The summed E-state index contributed by atoms with van der Waals surface area (Å²) in [5.74, 6) is 2.93. The van der Waals surface area contributed by atoms with E-state index in [2.05, 4.69) is 24.7 Å². The Labute approximate surface area is 103 Å². The number of allylic oxidation sites excluding steroid dienone is 2. The second kappa shape index (κ2) is 4.02. The monoisotopic (exact) mass is 243 g/mol. The van der Waals surface area contributed by atoms with Crippen molar-refractivity contribution in [1.82, 2.24) is 4.90 Å². The fourth-order valence-electron chi connectivity index (χ4n) is 1.77.